The average Bonchev–Trinajstić information content (AvgIpc) is 2.46. The molecule has 0 unspecified atom stereocenters. The number of nitrogens with two attached hydrogens (primary N) is 1. The molecule has 3 N–H and O–H groups in total. The quantitative estimate of drug-likeness (QED) is 0.837. The second-order valence-corrected chi connectivity index (χ2v) is 5.20. The fourth-order valence-electron chi connectivity index (χ4n) is 1.83. The highest BCUT2D eigenvalue weighted by Gasteiger charge is 2.12. The van der Waals surface area contributed by atoms with Gasteiger partial charge in [-0.2, -0.15) is 4.98 Å². The first-order chi connectivity index (χ1) is 9.74. The Morgan fingerprint density at radius 3 is 2.75 bits per heavy atom. The van der Waals surface area contributed by atoms with Crippen LogP contribution in [-0.2, 0) is 0 Å². The topological polar surface area (TPSA) is 82.3 Å². The third-order valence-electron chi connectivity index (χ3n) is 2.71. The van der Waals surface area contributed by atoms with Crippen LogP contribution in [0, 0.1) is 0 Å². The van der Waals surface area contributed by atoms with E-state index in [4.69, 9.17) is 15.2 Å². The molecule has 20 heavy (non-hydrogen) atoms. The Hall–Kier alpha value is -2.15. The normalized spacial score (nSPS) is 13.1. The summed E-state index contributed by atoms with van der Waals surface area (Å²) in [4.78, 5) is 9.28. The van der Waals surface area contributed by atoms with Crippen molar-refractivity contribution in [3.8, 4) is 11.5 Å². The number of nitrogens with zero attached hydrogens (tertiary/aromatic N) is 2. The summed E-state index contributed by atoms with van der Waals surface area (Å²) in [5.41, 5.74) is 5.68. The van der Waals surface area contributed by atoms with Crippen molar-refractivity contribution in [2.24, 2.45) is 0 Å². The molecule has 0 radical (unpaired) electrons. The van der Waals surface area contributed by atoms with Crippen molar-refractivity contribution in [1.29, 1.82) is 0 Å². The van der Waals surface area contributed by atoms with E-state index in [1.165, 1.54) is 11.8 Å². The Morgan fingerprint density at radius 1 is 1.15 bits per heavy atom. The first-order valence-corrected chi connectivity index (χ1v) is 6.96. The molecule has 0 spiro atoms. The number of rotatable bonds is 3. The van der Waals surface area contributed by atoms with Gasteiger partial charge in [0.1, 0.15) is 24.1 Å². The van der Waals surface area contributed by atoms with Crippen LogP contribution in [0.1, 0.15) is 0 Å². The van der Waals surface area contributed by atoms with Gasteiger partial charge in [0.25, 0.3) is 0 Å². The van der Waals surface area contributed by atoms with Crippen molar-refractivity contribution >= 4 is 23.5 Å². The van der Waals surface area contributed by atoms with Crippen molar-refractivity contribution in [2.75, 3.05) is 31.3 Å². The van der Waals surface area contributed by atoms with Crippen molar-refractivity contribution in [2.45, 2.75) is 9.92 Å². The largest absolute Gasteiger partial charge is 0.486 e. The zero-order chi connectivity index (χ0) is 13.9. The van der Waals surface area contributed by atoms with Crippen LogP contribution in [0.15, 0.2) is 34.2 Å². The summed E-state index contributed by atoms with van der Waals surface area (Å²) in [6, 6.07) is 7.66. The Morgan fingerprint density at radius 2 is 1.95 bits per heavy atom. The number of hydrogen-bond acceptors (Lipinski definition) is 7. The van der Waals surface area contributed by atoms with Crippen LogP contribution in [0.4, 0.5) is 11.8 Å². The van der Waals surface area contributed by atoms with Gasteiger partial charge in [-0.1, -0.05) is 11.8 Å². The van der Waals surface area contributed by atoms with Crippen LogP contribution in [0.2, 0.25) is 0 Å². The number of fused-ring (bicyclic) bond motifs is 1. The summed E-state index contributed by atoms with van der Waals surface area (Å²) >= 11 is 1.50. The minimum Gasteiger partial charge on any atom is -0.486 e. The van der Waals surface area contributed by atoms with Crippen molar-refractivity contribution in [1.82, 2.24) is 9.97 Å². The number of nitrogens with one attached hydrogen (secondary N) is 1. The number of hydrogen-bond donors (Lipinski definition) is 2. The monoisotopic (exact) mass is 290 g/mol. The van der Waals surface area contributed by atoms with Gasteiger partial charge in [-0.3, -0.25) is 0 Å². The second-order valence-electron chi connectivity index (χ2n) is 4.11. The number of nitrogen functional groups attached to an aromatic ring is 1. The molecule has 104 valence electrons. The SMILES string of the molecule is CNc1cc(Sc2ccc3c(c2)OCCO3)nc(N)n1. The molecular formula is C13H14N4O2S. The summed E-state index contributed by atoms with van der Waals surface area (Å²) in [7, 11) is 1.79. The lowest BCUT2D eigenvalue weighted by Crippen LogP contribution is -2.15. The molecule has 2 heterocycles. The van der Waals surface area contributed by atoms with E-state index in [0.717, 1.165) is 21.4 Å². The first-order valence-electron chi connectivity index (χ1n) is 6.14. The van der Waals surface area contributed by atoms with Crippen LogP contribution < -0.4 is 20.5 Å². The van der Waals surface area contributed by atoms with Crippen LogP contribution in [0.5, 0.6) is 11.5 Å². The predicted octanol–water partition coefficient (Wildman–Crippen LogP) is 2.02. The summed E-state index contributed by atoms with van der Waals surface area (Å²) in [5.74, 6) is 2.48. The minimum absolute atomic E-state index is 0.247. The van der Waals surface area contributed by atoms with Crippen LogP contribution in [-0.4, -0.2) is 30.2 Å². The van der Waals surface area contributed by atoms with Gasteiger partial charge < -0.3 is 20.5 Å². The van der Waals surface area contributed by atoms with Crippen LogP contribution in [0.3, 0.4) is 0 Å². The van der Waals surface area contributed by atoms with E-state index in [2.05, 4.69) is 15.3 Å². The molecule has 1 aromatic heterocycles. The molecule has 1 aromatic carbocycles. The first kappa shape index (κ1) is 12.9. The number of anilines is 2. The average molecular weight is 290 g/mol. The lowest BCUT2D eigenvalue weighted by Gasteiger charge is -2.18. The summed E-state index contributed by atoms with van der Waals surface area (Å²) in [6.07, 6.45) is 0. The molecule has 0 saturated heterocycles. The van der Waals surface area contributed by atoms with Gasteiger partial charge in [0.05, 0.1) is 0 Å². The summed E-state index contributed by atoms with van der Waals surface area (Å²) in [5, 5.41) is 3.73. The van der Waals surface area contributed by atoms with Crippen LogP contribution >= 0.6 is 11.8 Å². The smallest absolute Gasteiger partial charge is 0.223 e. The maximum atomic E-state index is 5.68. The Bertz CT molecular complexity index is 636. The molecule has 0 amide bonds. The molecular weight excluding hydrogens is 276 g/mol. The Labute approximate surface area is 120 Å². The van der Waals surface area contributed by atoms with E-state index in [1.807, 2.05) is 24.3 Å². The van der Waals surface area contributed by atoms with Crippen molar-refractivity contribution < 1.29 is 9.47 Å². The Balaban J connectivity index is 1.85. The van der Waals surface area contributed by atoms with Crippen LogP contribution in [0.25, 0.3) is 0 Å². The second kappa shape index (κ2) is 5.46. The highest BCUT2D eigenvalue weighted by Crippen LogP contribution is 2.36. The van der Waals surface area contributed by atoms with Gasteiger partial charge in [-0.05, 0) is 18.2 Å². The third-order valence-corrected chi connectivity index (χ3v) is 3.62. The van der Waals surface area contributed by atoms with E-state index in [1.54, 1.807) is 7.05 Å². The maximum absolute atomic E-state index is 5.68. The molecule has 1 aliphatic heterocycles. The van der Waals surface area contributed by atoms with E-state index >= 15 is 0 Å². The summed E-state index contributed by atoms with van der Waals surface area (Å²) in [6.45, 7) is 1.17. The zero-order valence-corrected chi connectivity index (χ0v) is 11.7. The lowest BCUT2D eigenvalue weighted by atomic mass is 10.3. The van der Waals surface area contributed by atoms with E-state index in [-0.39, 0.29) is 5.95 Å². The Kier molecular flexibility index (Phi) is 3.51. The summed E-state index contributed by atoms with van der Waals surface area (Å²) < 4.78 is 11.1. The molecule has 0 fully saturated rings. The third kappa shape index (κ3) is 2.72. The highest BCUT2D eigenvalue weighted by atomic mass is 32.2. The fraction of sp³-hybridized carbons (Fsp3) is 0.231. The van der Waals surface area contributed by atoms with E-state index in [0.29, 0.717) is 19.0 Å². The molecule has 0 atom stereocenters. The van der Waals surface area contributed by atoms with Gasteiger partial charge in [0.15, 0.2) is 11.5 Å². The van der Waals surface area contributed by atoms with Gasteiger partial charge in [-0.25, -0.2) is 4.98 Å². The molecule has 3 rings (SSSR count). The molecule has 1 aliphatic rings. The molecule has 6 nitrogen and oxygen atoms in total. The minimum atomic E-state index is 0.247. The molecule has 0 bridgehead atoms. The number of aromatic nitrogens is 2. The number of benzene rings is 1. The standard InChI is InChI=1S/C13H14N4O2S/c1-15-11-7-12(17-13(14)16-11)20-8-2-3-9-10(6-8)19-5-4-18-9/h2-3,6-7H,4-5H2,1H3,(H3,14,15,16,17). The van der Waals surface area contributed by atoms with Gasteiger partial charge in [0, 0.05) is 18.0 Å². The van der Waals surface area contributed by atoms with E-state index in [9.17, 15) is 0 Å². The molecule has 2 aromatic rings. The fourth-order valence-corrected chi connectivity index (χ4v) is 2.68. The number of ether oxygens (including phenoxy) is 2. The molecule has 7 heteroatoms. The predicted molar refractivity (Wildman–Crippen MR) is 77.5 cm³/mol. The molecule has 0 saturated carbocycles. The maximum Gasteiger partial charge on any atom is 0.223 e. The lowest BCUT2D eigenvalue weighted by molar-refractivity contribution is 0.171. The van der Waals surface area contributed by atoms with Crippen molar-refractivity contribution in [3.05, 3.63) is 24.3 Å². The van der Waals surface area contributed by atoms with Crippen molar-refractivity contribution in [3.63, 3.8) is 0 Å². The zero-order valence-electron chi connectivity index (χ0n) is 10.9. The molecule has 0 aliphatic carbocycles. The van der Waals surface area contributed by atoms with Gasteiger partial charge in [-0.15, -0.1) is 0 Å². The highest BCUT2D eigenvalue weighted by molar-refractivity contribution is 7.99. The van der Waals surface area contributed by atoms with Gasteiger partial charge in [0.2, 0.25) is 5.95 Å². The van der Waals surface area contributed by atoms with E-state index < -0.39 is 0 Å². The van der Waals surface area contributed by atoms with Gasteiger partial charge >= 0.3 is 0 Å².